The fourth-order valence-corrected chi connectivity index (χ4v) is 3.44. The molecular weight excluding hydrogens is 366 g/mol. The predicted molar refractivity (Wildman–Crippen MR) is 112 cm³/mol. The lowest BCUT2D eigenvalue weighted by Crippen LogP contribution is -2.80. The molecule has 29 heavy (non-hydrogen) atoms. The van der Waals surface area contributed by atoms with Gasteiger partial charge in [0.25, 0.3) is 11.7 Å². The van der Waals surface area contributed by atoms with E-state index in [1.807, 2.05) is 61.5 Å². The number of nitrogens with zero attached hydrogens (tertiary/aromatic N) is 3. The molecule has 2 aromatic carbocycles. The summed E-state index contributed by atoms with van der Waals surface area (Å²) in [7, 11) is 3.14. The number of amides is 3. The maximum atomic E-state index is 12.8. The molecule has 0 aromatic heterocycles. The SMILES string of the molecule is CC1=C[NH+]=C2C(C(=O)N(C)C(=O)N2C)C1=Nc1ccc(Nc2ccccc2)cc1. The third-order valence-electron chi connectivity index (χ3n) is 5.08. The summed E-state index contributed by atoms with van der Waals surface area (Å²) in [5, 5.41) is 3.33. The van der Waals surface area contributed by atoms with Crippen molar-refractivity contribution in [3.63, 3.8) is 0 Å². The molecule has 7 nitrogen and oxygen atoms in total. The minimum atomic E-state index is -0.630. The van der Waals surface area contributed by atoms with Crippen molar-refractivity contribution in [1.82, 2.24) is 9.80 Å². The Balaban J connectivity index is 1.63. The number of allylic oxidation sites excluding steroid dienone is 1. The van der Waals surface area contributed by atoms with Crippen molar-refractivity contribution in [3.8, 4) is 0 Å². The Labute approximate surface area is 169 Å². The number of amidine groups is 1. The van der Waals surface area contributed by atoms with Gasteiger partial charge in [-0.05, 0) is 43.3 Å². The van der Waals surface area contributed by atoms with Gasteiger partial charge in [0.2, 0.25) is 0 Å². The van der Waals surface area contributed by atoms with Crippen molar-refractivity contribution in [1.29, 1.82) is 0 Å². The van der Waals surface area contributed by atoms with Crippen molar-refractivity contribution in [2.24, 2.45) is 10.9 Å². The lowest BCUT2D eigenvalue weighted by Gasteiger charge is -2.32. The smallest absolute Gasteiger partial charge is 0.356 e. The summed E-state index contributed by atoms with van der Waals surface area (Å²) in [5.41, 5.74) is 4.19. The summed E-state index contributed by atoms with van der Waals surface area (Å²) in [6, 6.07) is 17.2. The van der Waals surface area contributed by atoms with Gasteiger partial charge in [0, 0.05) is 24.0 Å². The van der Waals surface area contributed by atoms with E-state index in [-0.39, 0.29) is 11.9 Å². The van der Waals surface area contributed by atoms with Crippen molar-refractivity contribution in [3.05, 3.63) is 66.4 Å². The summed E-state index contributed by atoms with van der Waals surface area (Å²) in [6.45, 7) is 1.90. The zero-order chi connectivity index (χ0) is 20.5. The van der Waals surface area contributed by atoms with Gasteiger partial charge >= 0.3 is 6.03 Å². The third-order valence-corrected chi connectivity index (χ3v) is 5.08. The van der Waals surface area contributed by atoms with Gasteiger partial charge in [-0.3, -0.25) is 9.79 Å². The Morgan fingerprint density at radius 3 is 2.28 bits per heavy atom. The summed E-state index contributed by atoms with van der Waals surface area (Å²) in [4.78, 5) is 35.5. The second kappa shape index (κ2) is 7.35. The number of anilines is 2. The van der Waals surface area contributed by atoms with Crippen LogP contribution >= 0.6 is 0 Å². The largest absolute Gasteiger partial charge is 0.417 e. The van der Waals surface area contributed by atoms with Crippen LogP contribution in [0.2, 0.25) is 0 Å². The third kappa shape index (κ3) is 3.42. The first kappa shape index (κ1) is 18.6. The normalized spacial score (nSPS) is 20.4. The lowest BCUT2D eigenvalue weighted by molar-refractivity contribution is -0.383. The number of carbonyl (C=O) groups is 2. The van der Waals surface area contributed by atoms with E-state index in [1.165, 1.54) is 11.9 Å². The van der Waals surface area contributed by atoms with Crippen LogP contribution in [0.1, 0.15) is 6.92 Å². The molecule has 1 unspecified atom stereocenters. The van der Waals surface area contributed by atoms with Gasteiger partial charge in [0.15, 0.2) is 5.92 Å². The van der Waals surface area contributed by atoms with Gasteiger partial charge in [-0.15, -0.1) is 0 Å². The number of nitrogens with one attached hydrogen (secondary N) is 2. The molecule has 0 aliphatic carbocycles. The van der Waals surface area contributed by atoms with Crippen molar-refractivity contribution >= 4 is 40.5 Å². The maximum Gasteiger partial charge on any atom is 0.417 e. The molecule has 1 fully saturated rings. The topological polar surface area (TPSA) is 79.0 Å². The highest BCUT2D eigenvalue weighted by molar-refractivity contribution is 6.31. The van der Waals surface area contributed by atoms with E-state index >= 15 is 0 Å². The molecule has 2 aliphatic heterocycles. The number of aliphatic imine (C=N–C) groups is 1. The highest BCUT2D eigenvalue weighted by Crippen LogP contribution is 2.25. The first-order valence-electron chi connectivity index (χ1n) is 9.32. The van der Waals surface area contributed by atoms with Crippen LogP contribution in [0.5, 0.6) is 0 Å². The molecule has 7 heteroatoms. The summed E-state index contributed by atoms with van der Waals surface area (Å²) in [5.74, 6) is -0.385. The molecule has 1 atom stereocenters. The first-order chi connectivity index (χ1) is 14.0. The summed E-state index contributed by atoms with van der Waals surface area (Å²) >= 11 is 0. The molecule has 146 valence electrons. The Morgan fingerprint density at radius 2 is 1.59 bits per heavy atom. The zero-order valence-electron chi connectivity index (χ0n) is 16.5. The number of hydrogen-bond acceptors (Lipinski definition) is 4. The van der Waals surface area contributed by atoms with E-state index in [1.54, 1.807) is 13.2 Å². The first-order valence-corrected chi connectivity index (χ1v) is 9.32. The standard InChI is InChI=1S/C22H21N5O2/c1-14-13-23-20-18(21(28)27(3)22(29)26(20)2)19(14)25-17-11-9-16(10-12-17)24-15-7-5-4-6-8-15/h4-13,18,24H,1-3H3/p+1. The Bertz CT molecular complexity index is 1050. The van der Waals surface area contributed by atoms with Crippen LogP contribution in [0, 0.1) is 5.92 Å². The van der Waals surface area contributed by atoms with E-state index in [4.69, 9.17) is 4.99 Å². The molecule has 2 heterocycles. The van der Waals surface area contributed by atoms with Gasteiger partial charge in [-0.25, -0.2) is 14.7 Å². The monoisotopic (exact) mass is 388 g/mol. The van der Waals surface area contributed by atoms with Crippen LogP contribution < -0.4 is 10.3 Å². The number of fused-ring (bicyclic) bond motifs is 1. The van der Waals surface area contributed by atoms with E-state index in [2.05, 4.69) is 10.3 Å². The average molecular weight is 388 g/mol. The lowest BCUT2D eigenvalue weighted by atomic mass is 9.91. The summed E-state index contributed by atoms with van der Waals surface area (Å²) < 4.78 is 0. The number of benzene rings is 2. The quantitative estimate of drug-likeness (QED) is 0.845. The number of para-hydroxylation sites is 1. The Morgan fingerprint density at radius 1 is 0.931 bits per heavy atom. The Kier molecular flexibility index (Phi) is 4.72. The fourth-order valence-electron chi connectivity index (χ4n) is 3.44. The van der Waals surface area contributed by atoms with Gasteiger partial charge in [-0.1, -0.05) is 18.2 Å². The second-order valence-corrected chi connectivity index (χ2v) is 7.06. The maximum absolute atomic E-state index is 12.8. The zero-order valence-corrected chi connectivity index (χ0v) is 16.5. The molecule has 0 spiro atoms. The second-order valence-electron chi connectivity index (χ2n) is 7.06. The van der Waals surface area contributed by atoms with Gasteiger partial charge < -0.3 is 5.32 Å². The highest BCUT2D eigenvalue weighted by atomic mass is 16.2. The Hall–Kier alpha value is -3.74. The molecule has 1 saturated heterocycles. The number of imide groups is 1. The average Bonchev–Trinajstić information content (AvgIpc) is 2.74. The predicted octanol–water partition coefficient (Wildman–Crippen LogP) is 2.04. The molecule has 0 saturated carbocycles. The van der Waals surface area contributed by atoms with E-state index < -0.39 is 5.92 Å². The van der Waals surface area contributed by atoms with Crippen LogP contribution in [0.3, 0.4) is 0 Å². The summed E-state index contributed by atoms with van der Waals surface area (Å²) in [6.07, 6.45) is 1.78. The van der Waals surface area contributed by atoms with Crippen LogP contribution in [0.4, 0.5) is 21.9 Å². The molecule has 0 radical (unpaired) electrons. The van der Waals surface area contributed by atoms with Crippen LogP contribution in [-0.4, -0.2) is 47.4 Å². The van der Waals surface area contributed by atoms with Crippen molar-refractivity contribution < 1.29 is 14.6 Å². The highest BCUT2D eigenvalue weighted by Gasteiger charge is 2.50. The number of carbonyl (C=O) groups excluding carboxylic acids is 2. The molecule has 4 rings (SSSR count). The van der Waals surface area contributed by atoms with Gasteiger partial charge in [-0.2, -0.15) is 4.90 Å². The molecular formula is C22H22N5O2+. The van der Waals surface area contributed by atoms with Crippen molar-refractivity contribution in [2.45, 2.75) is 6.92 Å². The van der Waals surface area contributed by atoms with E-state index in [0.717, 1.165) is 27.5 Å². The number of rotatable bonds is 3. The molecule has 2 N–H and O–H groups in total. The molecule has 2 aliphatic rings. The minimum absolute atomic E-state index is 0.288. The van der Waals surface area contributed by atoms with Crippen LogP contribution in [0.25, 0.3) is 0 Å². The number of urea groups is 1. The van der Waals surface area contributed by atoms with E-state index in [0.29, 0.717) is 11.5 Å². The molecule has 2 aromatic rings. The fraction of sp³-hybridized carbons (Fsp3) is 0.182. The van der Waals surface area contributed by atoms with Crippen molar-refractivity contribution in [2.75, 3.05) is 19.4 Å². The molecule has 0 bridgehead atoms. The number of hydrogen-bond donors (Lipinski definition) is 2. The van der Waals surface area contributed by atoms with Gasteiger partial charge in [0.1, 0.15) is 0 Å². The van der Waals surface area contributed by atoms with Gasteiger partial charge in [0.05, 0.1) is 24.6 Å². The van der Waals surface area contributed by atoms with Crippen LogP contribution in [-0.2, 0) is 4.79 Å². The molecule has 3 amide bonds. The minimum Gasteiger partial charge on any atom is -0.356 e. The van der Waals surface area contributed by atoms with E-state index in [9.17, 15) is 9.59 Å². The van der Waals surface area contributed by atoms with Crippen LogP contribution in [0.15, 0.2) is 71.4 Å².